The van der Waals surface area contributed by atoms with Gasteiger partial charge in [0, 0.05) is 13.2 Å². The first-order chi connectivity index (χ1) is 10.2. The Labute approximate surface area is 129 Å². The van der Waals surface area contributed by atoms with Gasteiger partial charge in [0.15, 0.2) is 0 Å². The average molecular weight is 303 g/mol. The first-order valence-electron chi connectivity index (χ1n) is 7.20. The number of rotatable bonds is 7. The first-order valence-corrected chi connectivity index (χ1v) is 8.08. The van der Waals surface area contributed by atoms with Crippen LogP contribution in [-0.4, -0.2) is 24.2 Å². The highest BCUT2D eigenvalue weighted by atomic mass is 32.1. The van der Waals surface area contributed by atoms with Crippen LogP contribution in [0, 0.1) is 6.92 Å². The summed E-state index contributed by atoms with van der Waals surface area (Å²) in [7, 11) is 0. The van der Waals surface area contributed by atoms with Crippen molar-refractivity contribution >= 4 is 17.2 Å². The third kappa shape index (κ3) is 4.69. The number of aryl methyl sites for hydroxylation is 1. The lowest BCUT2D eigenvalue weighted by Crippen LogP contribution is -2.25. The fourth-order valence-electron chi connectivity index (χ4n) is 2.36. The van der Waals surface area contributed by atoms with Crippen molar-refractivity contribution in [3.8, 4) is 0 Å². The van der Waals surface area contributed by atoms with E-state index in [0.29, 0.717) is 6.54 Å². The highest BCUT2D eigenvalue weighted by Crippen LogP contribution is 2.22. The van der Waals surface area contributed by atoms with Crippen LogP contribution in [0.3, 0.4) is 0 Å². The van der Waals surface area contributed by atoms with E-state index in [-0.39, 0.29) is 18.4 Å². The highest BCUT2D eigenvalue weighted by molar-refractivity contribution is 7.12. The van der Waals surface area contributed by atoms with Crippen molar-refractivity contribution in [2.24, 2.45) is 0 Å². The van der Waals surface area contributed by atoms with Gasteiger partial charge >= 0.3 is 0 Å². The standard InChI is InChI=1S/C17H21NO2S/c1-13-11-16(21-12-13)17(20)18-9-7-15(8-10-19)14-5-3-2-4-6-14/h2-6,11-12,15,19H,7-10H2,1H3,(H,18,20)/t15-/m1/s1. The van der Waals surface area contributed by atoms with Crippen molar-refractivity contribution in [3.05, 3.63) is 57.8 Å². The van der Waals surface area contributed by atoms with Gasteiger partial charge < -0.3 is 10.4 Å². The highest BCUT2D eigenvalue weighted by Gasteiger charge is 2.12. The van der Waals surface area contributed by atoms with E-state index in [0.717, 1.165) is 23.3 Å². The van der Waals surface area contributed by atoms with E-state index in [1.165, 1.54) is 16.9 Å². The fourth-order valence-corrected chi connectivity index (χ4v) is 3.17. The molecule has 1 atom stereocenters. The second kappa shape index (κ2) is 7.96. The number of carbonyl (C=O) groups excluding carboxylic acids is 1. The molecule has 0 radical (unpaired) electrons. The molecule has 0 bridgehead atoms. The molecule has 0 fully saturated rings. The number of hydrogen-bond donors (Lipinski definition) is 2. The summed E-state index contributed by atoms with van der Waals surface area (Å²) in [5.41, 5.74) is 2.33. The molecule has 1 aromatic heterocycles. The van der Waals surface area contributed by atoms with Crippen molar-refractivity contribution in [1.29, 1.82) is 0 Å². The Morgan fingerprint density at radius 1 is 1.29 bits per heavy atom. The van der Waals surface area contributed by atoms with E-state index in [9.17, 15) is 9.90 Å². The van der Waals surface area contributed by atoms with Gasteiger partial charge in [-0.05, 0) is 48.3 Å². The monoisotopic (exact) mass is 303 g/mol. The van der Waals surface area contributed by atoms with Gasteiger partial charge in [-0.15, -0.1) is 11.3 Å². The van der Waals surface area contributed by atoms with Crippen molar-refractivity contribution in [1.82, 2.24) is 5.32 Å². The van der Waals surface area contributed by atoms with E-state index >= 15 is 0 Å². The quantitative estimate of drug-likeness (QED) is 0.824. The van der Waals surface area contributed by atoms with Gasteiger partial charge in [-0.1, -0.05) is 30.3 Å². The molecule has 0 aliphatic heterocycles. The topological polar surface area (TPSA) is 49.3 Å². The van der Waals surface area contributed by atoms with Crippen LogP contribution >= 0.6 is 11.3 Å². The van der Waals surface area contributed by atoms with Gasteiger partial charge in [-0.3, -0.25) is 4.79 Å². The maximum atomic E-state index is 12.0. The zero-order valence-corrected chi connectivity index (χ0v) is 13.0. The number of carbonyl (C=O) groups is 1. The van der Waals surface area contributed by atoms with E-state index < -0.39 is 0 Å². The summed E-state index contributed by atoms with van der Waals surface area (Å²) in [6, 6.07) is 12.1. The summed E-state index contributed by atoms with van der Waals surface area (Å²) >= 11 is 1.47. The number of benzene rings is 1. The van der Waals surface area contributed by atoms with E-state index in [4.69, 9.17) is 0 Å². The molecule has 1 aromatic carbocycles. The molecule has 3 nitrogen and oxygen atoms in total. The van der Waals surface area contributed by atoms with Crippen LogP contribution in [0.15, 0.2) is 41.8 Å². The van der Waals surface area contributed by atoms with Crippen LogP contribution in [0.1, 0.15) is 39.6 Å². The number of aliphatic hydroxyl groups excluding tert-OH is 1. The molecule has 1 heterocycles. The molecular formula is C17H21NO2S. The molecule has 2 aromatic rings. The smallest absolute Gasteiger partial charge is 0.261 e. The third-order valence-electron chi connectivity index (χ3n) is 3.48. The third-order valence-corrected chi connectivity index (χ3v) is 4.53. The second-order valence-corrected chi connectivity index (χ2v) is 6.06. The van der Waals surface area contributed by atoms with Crippen molar-refractivity contribution in [3.63, 3.8) is 0 Å². The second-order valence-electron chi connectivity index (χ2n) is 5.15. The molecule has 0 saturated heterocycles. The number of nitrogens with one attached hydrogen (secondary N) is 1. The zero-order chi connectivity index (χ0) is 15.1. The van der Waals surface area contributed by atoms with E-state index in [2.05, 4.69) is 17.4 Å². The average Bonchev–Trinajstić information content (AvgIpc) is 2.94. The lowest BCUT2D eigenvalue weighted by Gasteiger charge is -2.16. The number of hydrogen-bond acceptors (Lipinski definition) is 3. The Hall–Kier alpha value is -1.65. The largest absolute Gasteiger partial charge is 0.396 e. The minimum atomic E-state index is -0.0103. The molecule has 1 amide bonds. The SMILES string of the molecule is Cc1csc(C(=O)NCC[C@H](CCO)c2ccccc2)c1. The Balaban J connectivity index is 1.86. The fraction of sp³-hybridized carbons (Fsp3) is 0.353. The van der Waals surface area contributed by atoms with Crippen LogP contribution in [0.25, 0.3) is 0 Å². The van der Waals surface area contributed by atoms with Gasteiger partial charge in [0.05, 0.1) is 4.88 Å². The Morgan fingerprint density at radius 3 is 2.67 bits per heavy atom. The number of aliphatic hydroxyl groups is 1. The minimum Gasteiger partial charge on any atom is -0.396 e. The summed E-state index contributed by atoms with van der Waals surface area (Å²) in [5, 5.41) is 14.1. The Bertz CT molecular complexity index is 565. The van der Waals surface area contributed by atoms with Crippen LogP contribution in [-0.2, 0) is 0 Å². The van der Waals surface area contributed by atoms with Crippen LogP contribution in [0.5, 0.6) is 0 Å². The molecule has 0 unspecified atom stereocenters. The number of amides is 1. The molecule has 0 aliphatic carbocycles. The van der Waals surface area contributed by atoms with Crippen LogP contribution in [0.2, 0.25) is 0 Å². The first kappa shape index (κ1) is 15.7. The molecule has 0 saturated carbocycles. The predicted molar refractivity (Wildman–Crippen MR) is 86.9 cm³/mol. The molecule has 112 valence electrons. The van der Waals surface area contributed by atoms with Crippen molar-refractivity contribution in [2.45, 2.75) is 25.7 Å². The lowest BCUT2D eigenvalue weighted by molar-refractivity contribution is 0.0956. The van der Waals surface area contributed by atoms with Gasteiger partial charge in [-0.25, -0.2) is 0 Å². The summed E-state index contributed by atoms with van der Waals surface area (Å²) in [6.07, 6.45) is 1.55. The molecule has 0 aliphatic rings. The van der Waals surface area contributed by atoms with E-state index in [1.807, 2.05) is 36.6 Å². The van der Waals surface area contributed by atoms with Crippen LogP contribution in [0.4, 0.5) is 0 Å². The summed E-state index contributed by atoms with van der Waals surface area (Å²) in [4.78, 5) is 12.7. The molecule has 4 heteroatoms. The molecular weight excluding hydrogens is 282 g/mol. The zero-order valence-electron chi connectivity index (χ0n) is 12.2. The van der Waals surface area contributed by atoms with E-state index in [1.54, 1.807) is 0 Å². The predicted octanol–water partition coefficient (Wildman–Crippen LogP) is 3.34. The molecule has 0 spiro atoms. The molecule has 2 rings (SSSR count). The summed E-state index contributed by atoms with van der Waals surface area (Å²) < 4.78 is 0. The Kier molecular flexibility index (Phi) is 5.96. The van der Waals surface area contributed by atoms with Gasteiger partial charge in [0.25, 0.3) is 5.91 Å². The van der Waals surface area contributed by atoms with Crippen molar-refractivity contribution in [2.75, 3.05) is 13.2 Å². The maximum absolute atomic E-state index is 12.0. The van der Waals surface area contributed by atoms with Gasteiger partial charge in [-0.2, -0.15) is 0 Å². The minimum absolute atomic E-state index is 0.0103. The summed E-state index contributed by atoms with van der Waals surface area (Å²) in [5.74, 6) is 0.269. The van der Waals surface area contributed by atoms with Gasteiger partial charge in [0.2, 0.25) is 0 Å². The normalized spacial score (nSPS) is 12.1. The van der Waals surface area contributed by atoms with Crippen LogP contribution < -0.4 is 5.32 Å². The van der Waals surface area contributed by atoms with Gasteiger partial charge in [0.1, 0.15) is 0 Å². The number of thiophene rings is 1. The lowest BCUT2D eigenvalue weighted by atomic mass is 9.93. The maximum Gasteiger partial charge on any atom is 0.261 e. The summed E-state index contributed by atoms with van der Waals surface area (Å²) in [6.45, 7) is 2.77. The Morgan fingerprint density at radius 2 is 2.05 bits per heavy atom. The molecule has 2 N–H and O–H groups in total. The van der Waals surface area contributed by atoms with Crippen molar-refractivity contribution < 1.29 is 9.90 Å². The molecule has 21 heavy (non-hydrogen) atoms.